The van der Waals surface area contributed by atoms with Gasteiger partial charge in [-0.15, -0.1) is 0 Å². The molecule has 0 aliphatic rings. The van der Waals surface area contributed by atoms with E-state index in [9.17, 15) is 9.59 Å². The number of amides is 1. The lowest BCUT2D eigenvalue weighted by atomic mass is 10.2. The van der Waals surface area contributed by atoms with E-state index in [2.05, 4.69) is 15.3 Å². The number of aromatic nitrogens is 2. The van der Waals surface area contributed by atoms with Crippen LogP contribution >= 0.6 is 0 Å². The van der Waals surface area contributed by atoms with Crippen LogP contribution in [0.5, 0.6) is 11.5 Å². The molecule has 2 N–H and O–H groups in total. The second kappa shape index (κ2) is 8.22. The Morgan fingerprint density at radius 2 is 1.86 bits per heavy atom. The maximum absolute atomic E-state index is 11.9. The predicted octanol–water partition coefficient (Wildman–Crippen LogP) is 4.88. The van der Waals surface area contributed by atoms with Gasteiger partial charge in [0.2, 0.25) is 0 Å². The van der Waals surface area contributed by atoms with Crippen molar-refractivity contribution in [2.75, 3.05) is 11.9 Å². The first kappa shape index (κ1) is 20.2. The number of nitrogens with one attached hydrogen (secondary N) is 2. The first-order valence-corrected chi connectivity index (χ1v) is 9.18. The van der Waals surface area contributed by atoms with Crippen molar-refractivity contribution in [3.05, 3.63) is 48.3 Å². The number of nitrogens with zero attached hydrogens (tertiary/aromatic N) is 1. The molecule has 0 bridgehead atoms. The van der Waals surface area contributed by atoms with Gasteiger partial charge in [-0.05, 0) is 64.1 Å². The van der Waals surface area contributed by atoms with Gasteiger partial charge in [0.05, 0.1) is 12.0 Å². The van der Waals surface area contributed by atoms with Gasteiger partial charge in [0, 0.05) is 11.9 Å². The van der Waals surface area contributed by atoms with E-state index in [0.717, 1.165) is 0 Å². The third-order valence-electron chi connectivity index (χ3n) is 3.71. The zero-order valence-electron chi connectivity index (χ0n) is 16.7. The van der Waals surface area contributed by atoms with Crippen LogP contribution in [-0.4, -0.2) is 34.2 Å². The van der Waals surface area contributed by atoms with E-state index >= 15 is 0 Å². The zero-order valence-corrected chi connectivity index (χ0v) is 16.7. The van der Waals surface area contributed by atoms with Gasteiger partial charge >= 0.3 is 12.1 Å². The molecule has 0 unspecified atom stereocenters. The van der Waals surface area contributed by atoms with Crippen LogP contribution < -0.4 is 10.1 Å². The van der Waals surface area contributed by atoms with Crippen molar-refractivity contribution in [3.63, 3.8) is 0 Å². The first-order chi connectivity index (χ1) is 13.7. The van der Waals surface area contributed by atoms with Crippen molar-refractivity contribution in [1.82, 2.24) is 9.97 Å². The van der Waals surface area contributed by atoms with Crippen molar-refractivity contribution in [2.24, 2.45) is 0 Å². The van der Waals surface area contributed by atoms with Crippen molar-refractivity contribution in [1.29, 1.82) is 0 Å². The number of pyridine rings is 1. The highest BCUT2D eigenvalue weighted by atomic mass is 16.6. The summed E-state index contributed by atoms with van der Waals surface area (Å²) in [5, 5.41) is 3.32. The quantitative estimate of drug-likeness (QED) is 0.595. The second-order valence-corrected chi connectivity index (χ2v) is 7.23. The molecule has 0 aliphatic heterocycles. The number of ether oxygens (including phenoxy) is 3. The largest absolute Gasteiger partial charge is 0.461 e. The smallest absolute Gasteiger partial charge is 0.412 e. The van der Waals surface area contributed by atoms with Gasteiger partial charge in [-0.25, -0.2) is 14.6 Å². The maximum Gasteiger partial charge on any atom is 0.412 e. The van der Waals surface area contributed by atoms with E-state index in [1.54, 1.807) is 70.3 Å². The monoisotopic (exact) mass is 397 g/mol. The van der Waals surface area contributed by atoms with Gasteiger partial charge in [0.15, 0.2) is 0 Å². The van der Waals surface area contributed by atoms with Crippen LogP contribution in [0.3, 0.4) is 0 Å². The number of anilines is 1. The topological polar surface area (TPSA) is 103 Å². The fourth-order valence-electron chi connectivity index (χ4n) is 2.57. The summed E-state index contributed by atoms with van der Waals surface area (Å²) in [6, 6.07) is 10.2. The molecule has 0 saturated carbocycles. The number of hydrogen-bond acceptors (Lipinski definition) is 6. The Bertz CT molecular complexity index is 1020. The standard InChI is InChI=1S/C21H23N3O5/c1-5-27-19(25)16-12-15-17(10-11-22-18(15)24-16)28-14-8-6-13(7-9-14)23-20(26)29-21(2,3)4/h6-12H,5H2,1-4H3,(H,22,24)(H,23,26). The summed E-state index contributed by atoms with van der Waals surface area (Å²) >= 11 is 0. The van der Waals surface area contributed by atoms with Crippen molar-refractivity contribution in [2.45, 2.75) is 33.3 Å². The Morgan fingerprint density at radius 3 is 2.52 bits per heavy atom. The van der Waals surface area contributed by atoms with Gasteiger partial charge in [0.25, 0.3) is 0 Å². The van der Waals surface area contributed by atoms with Crippen LogP contribution in [-0.2, 0) is 9.47 Å². The number of carbonyl (C=O) groups is 2. The summed E-state index contributed by atoms with van der Waals surface area (Å²) in [5.74, 6) is 0.648. The number of aromatic amines is 1. The molecule has 2 heterocycles. The van der Waals surface area contributed by atoms with Crippen molar-refractivity contribution < 1.29 is 23.8 Å². The normalized spacial score (nSPS) is 11.2. The van der Waals surface area contributed by atoms with Crippen LogP contribution in [0.2, 0.25) is 0 Å². The Balaban J connectivity index is 1.74. The summed E-state index contributed by atoms with van der Waals surface area (Å²) in [6.07, 6.45) is 1.06. The van der Waals surface area contributed by atoms with E-state index in [-0.39, 0.29) is 6.61 Å². The summed E-state index contributed by atoms with van der Waals surface area (Å²) in [7, 11) is 0. The Kier molecular flexibility index (Phi) is 5.72. The molecule has 152 valence electrons. The molecular formula is C21H23N3O5. The fraction of sp³-hybridized carbons (Fsp3) is 0.286. The number of esters is 1. The van der Waals surface area contributed by atoms with Gasteiger partial charge in [0.1, 0.15) is 28.4 Å². The van der Waals surface area contributed by atoms with E-state index < -0.39 is 17.7 Å². The molecular weight excluding hydrogens is 374 g/mol. The number of H-pyrrole nitrogens is 1. The molecule has 8 heteroatoms. The number of hydrogen-bond donors (Lipinski definition) is 2. The van der Waals surface area contributed by atoms with Crippen LogP contribution in [0.4, 0.5) is 10.5 Å². The summed E-state index contributed by atoms with van der Waals surface area (Å²) in [5.41, 5.74) is 0.840. The predicted molar refractivity (Wildman–Crippen MR) is 108 cm³/mol. The molecule has 29 heavy (non-hydrogen) atoms. The van der Waals surface area contributed by atoms with Crippen LogP contribution in [0.1, 0.15) is 38.2 Å². The van der Waals surface area contributed by atoms with Crippen molar-refractivity contribution >= 4 is 28.8 Å². The lowest BCUT2D eigenvalue weighted by Crippen LogP contribution is -2.27. The SMILES string of the molecule is CCOC(=O)c1cc2c(Oc3ccc(NC(=O)OC(C)(C)C)cc3)ccnc2[nH]1. The molecule has 2 aromatic heterocycles. The van der Waals surface area contributed by atoms with Crippen molar-refractivity contribution in [3.8, 4) is 11.5 Å². The molecule has 0 saturated heterocycles. The van der Waals surface area contributed by atoms with Gasteiger partial charge < -0.3 is 19.2 Å². The van der Waals surface area contributed by atoms with Gasteiger partial charge in [-0.2, -0.15) is 0 Å². The number of benzene rings is 1. The Labute approximate surface area is 168 Å². The van der Waals surface area contributed by atoms with Gasteiger partial charge in [-0.1, -0.05) is 0 Å². The number of fused-ring (bicyclic) bond motifs is 1. The molecule has 1 amide bonds. The maximum atomic E-state index is 11.9. The van der Waals surface area contributed by atoms with E-state index in [0.29, 0.717) is 33.9 Å². The third-order valence-corrected chi connectivity index (χ3v) is 3.71. The molecule has 0 fully saturated rings. The molecule has 0 radical (unpaired) electrons. The van der Waals surface area contributed by atoms with E-state index in [1.165, 1.54) is 0 Å². The molecule has 3 aromatic rings. The summed E-state index contributed by atoms with van der Waals surface area (Å²) < 4.78 is 16.2. The average Bonchev–Trinajstić information content (AvgIpc) is 3.07. The van der Waals surface area contributed by atoms with E-state index in [4.69, 9.17) is 14.2 Å². The molecule has 1 aromatic carbocycles. The minimum absolute atomic E-state index is 0.286. The Morgan fingerprint density at radius 1 is 1.14 bits per heavy atom. The fourth-order valence-corrected chi connectivity index (χ4v) is 2.57. The highest BCUT2D eigenvalue weighted by Crippen LogP contribution is 2.30. The van der Waals surface area contributed by atoms with E-state index in [1.807, 2.05) is 0 Å². The van der Waals surface area contributed by atoms with Gasteiger partial charge in [-0.3, -0.25) is 5.32 Å². The summed E-state index contributed by atoms with van der Waals surface area (Å²) in [4.78, 5) is 30.9. The van der Waals surface area contributed by atoms with Crippen LogP contribution in [0, 0.1) is 0 Å². The molecule has 0 atom stereocenters. The minimum Gasteiger partial charge on any atom is -0.461 e. The second-order valence-electron chi connectivity index (χ2n) is 7.23. The lowest BCUT2D eigenvalue weighted by Gasteiger charge is -2.19. The van der Waals surface area contributed by atoms with Crippen LogP contribution in [0.15, 0.2) is 42.6 Å². The molecule has 0 aliphatic carbocycles. The molecule has 3 rings (SSSR count). The zero-order chi connectivity index (χ0) is 21.0. The molecule has 0 spiro atoms. The number of rotatable bonds is 5. The lowest BCUT2D eigenvalue weighted by molar-refractivity contribution is 0.0519. The molecule has 8 nitrogen and oxygen atoms in total. The minimum atomic E-state index is -0.571. The third kappa shape index (κ3) is 5.25. The highest BCUT2D eigenvalue weighted by molar-refractivity contribution is 5.95. The summed E-state index contributed by atoms with van der Waals surface area (Å²) in [6.45, 7) is 7.43. The average molecular weight is 397 g/mol. The Hall–Kier alpha value is -3.55. The number of carbonyl (C=O) groups excluding carboxylic acids is 2. The highest BCUT2D eigenvalue weighted by Gasteiger charge is 2.17. The van der Waals surface area contributed by atoms with Crippen LogP contribution in [0.25, 0.3) is 11.0 Å². The first-order valence-electron chi connectivity index (χ1n) is 9.18.